The number of rotatable bonds is 3. The Labute approximate surface area is 129 Å². The standard InChI is InChI=1S/C19H17NO2/c1-14(21)22-19-10-6-4-7-15(19)11-12-17-13-16-8-3-5-9-18(16)20(17)2/h3-13H,1-2H3. The number of ether oxygens (including phenoxy) is 1. The van der Waals surface area contributed by atoms with Crippen molar-refractivity contribution < 1.29 is 9.53 Å². The molecule has 0 atom stereocenters. The minimum atomic E-state index is -0.314. The van der Waals surface area contributed by atoms with Crippen molar-refractivity contribution in [2.45, 2.75) is 6.92 Å². The molecule has 0 fully saturated rings. The Kier molecular flexibility index (Phi) is 3.79. The summed E-state index contributed by atoms with van der Waals surface area (Å²) in [6, 6.07) is 17.9. The number of nitrogens with zero attached hydrogens (tertiary/aromatic N) is 1. The van der Waals surface area contributed by atoms with E-state index in [1.807, 2.05) is 49.5 Å². The van der Waals surface area contributed by atoms with Crippen LogP contribution in [-0.2, 0) is 11.8 Å². The van der Waals surface area contributed by atoms with Gasteiger partial charge in [0.1, 0.15) is 5.75 Å². The van der Waals surface area contributed by atoms with Crippen LogP contribution in [0.2, 0.25) is 0 Å². The monoisotopic (exact) mass is 291 g/mol. The summed E-state index contributed by atoms with van der Waals surface area (Å²) in [6.45, 7) is 1.41. The van der Waals surface area contributed by atoms with Gasteiger partial charge in [-0.3, -0.25) is 4.79 Å². The van der Waals surface area contributed by atoms with Crippen molar-refractivity contribution in [1.29, 1.82) is 0 Å². The molecule has 0 saturated carbocycles. The Morgan fingerprint density at radius 2 is 1.77 bits per heavy atom. The highest BCUT2D eigenvalue weighted by Gasteiger charge is 2.04. The van der Waals surface area contributed by atoms with Gasteiger partial charge in [0, 0.05) is 36.1 Å². The average Bonchev–Trinajstić information content (AvgIpc) is 2.83. The van der Waals surface area contributed by atoms with Crippen LogP contribution in [-0.4, -0.2) is 10.5 Å². The van der Waals surface area contributed by atoms with Gasteiger partial charge in [0.05, 0.1) is 0 Å². The topological polar surface area (TPSA) is 31.2 Å². The third-order valence-electron chi connectivity index (χ3n) is 3.60. The quantitative estimate of drug-likeness (QED) is 0.533. The Balaban J connectivity index is 1.96. The normalized spacial score (nSPS) is 11.2. The molecule has 0 bridgehead atoms. The average molecular weight is 291 g/mol. The van der Waals surface area contributed by atoms with Gasteiger partial charge in [0.2, 0.25) is 0 Å². The van der Waals surface area contributed by atoms with Gasteiger partial charge in [-0.05, 0) is 30.4 Å². The number of aromatic nitrogens is 1. The van der Waals surface area contributed by atoms with Gasteiger partial charge in [-0.1, -0.05) is 36.4 Å². The van der Waals surface area contributed by atoms with Gasteiger partial charge in [-0.2, -0.15) is 0 Å². The minimum absolute atomic E-state index is 0.314. The van der Waals surface area contributed by atoms with Crippen molar-refractivity contribution in [2.75, 3.05) is 0 Å². The predicted molar refractivity (Wildman–Crippen MR) is 89.6 cm³/mol. The van der Waals surface area contributed by atoms with Crippen LogP contribution in [0.5, 0.6) is 5.75 Å². The fourth-order valence-electron chi connectivity index (χ4n) is 2.51. The molecule has 3 rings (SSSR count). The maximum Gasteiger partial charge on any atom is 0.308 e. The third-order valence-corrected chi connectivity index (χ3v) is 3.60. The highest BCUT2D eigenvalue weighted by molar-refractivity contribution is 5.85. The number of carbonyl (C=O) groups excluding carboxylic acids is 1. The summed E-state index contributed by atoms with van der Waals surface area (Å²) in [5.41, 5.74) is 3.16. The molecule has 3 heteroatoms. The summed E-state index contributed by atoms with van der Waals surface area (Å²) in [5, 5.41) is 1.21. The third kappa shape index (κ3) is 2.79. The number of esters is 1. The maximum atomic E-state index is 11.2. The molecule has 1 heterocycles. The molecule has 0 unspecified atom stereocenters. The smallest absolute Gasteiger partial charge is 0.308 e. The number of benzene rings is 2. The number of hydrogen-bond donors (Lipinski definition) is 0. The van der Waals surface area contributed by atoms with Gasteiger partial charge >= 0.3 is 5.97 Å². The van der Waals surface area contributed by atoms with E-state index in [9.17, 15) is 4.79 Å². The molecule has 1 aromatic heterocycles. The van der Waals surface area contributed by atoms with E-state index in [1.165, 1.54) is 17.8 Å². The first kappa shape index (κ1) is 14.1. The van der Waals surface area contributed by atoms with E-state index in [4.69, 9.17) is 4.74 Å². The number of carbonyl (C=O) groups is 1. The van der Waals surface area contributed by atoms with Crippen molar-refractivity contribution in [1.82, 2.24) is 4.57 Å². The zero-order valence-electron chi connectivity index (χ0n) is 12.6. The molecule has 0 N–H and O–H groups in total. The first-order valence-corrected chi connectivity index (χ1v) is 7.15. The van der Waals surface area contributed by atoms with E-state index in [0.717, 1.165) is 11.3 Å². The summed E-state index contributed by atoms with van der Waals surface area (Å²) in [6.07, 6.45) is 3.99. The van der Waals surface area contributed by atoms with E-state index < -0.39 is 0 Å². The van der Waals surface area contributed by atoms with E-state index in [2.05, 4.69) is 22.8 Å². The molecule has 0 amide bonds. The summed E-state index contributed by atoms with van der Waals surface area (Å²) in [4.78, 5) is 11.2. The molecule has 3 aromatic rings. The number of hydrogen-bond acceptors (Lipinski definition) is 2. The molecule has 22 heavy (non-hydrogen) atoms. The second kappa shape index (κ2) is 5.90. The summed E-state index contributed by atoms with van der Waals surface area (Å²) >= 11 is 0. The van der Waals surface area contributed by atoms with Crippen molar-refractivity contribution in [3.63, 3.8) is 0 Å². The highest BCUT2D eigenvalue weighted by atomic mass is 16.5. The van der Waals surface area contributed by atoms with Crippen molar-refractivity contribution >= 4 is 29.0 Å². The van der Waals surface area contributed by atoms with E-state index in [0.29, 0.717) is 5.75 Å². The molecular weight excluding hydrogens is 274 g/mol. The van der Waals surface area contributed by atoms with Crippen LogP contribution in [0, 0.1) is 0 Å². The number of aryl methyl sites for hydroxylation is 1. The molecule has 0 saturated heterocycles. The van der Waals surface area contributed by atoms with E-state index in [1.54, 1.807) is 6.07 Å². The van der Waals surface area contributed by atoms with Gasteiger partial charge in [-0.15, -0.1) is 0 Å². The van der Waals surface area contributed by atoms with Crippen molar-refractivity contribution in [3.8, 4) is 5.75 Å². The van der Waals surface area contributed by atoms with Gasteiger partial charge in [-0.25, -0.2) is 0 Å². The predicted octanol–water partition coefficient (Wildman–Crippen LogP) is 4.27. The second-order valence-electron chi connectivity index (χ2n) is 5.15. The van der Waals surface area contributed by atoms with Gasteiger partial charge < -0.3 is 9.30 Å². The van der Waals surface area contributed by atoms with E-state index >= 15 is 0 Å². The molecule has 0 aliphatic heterocycles. The van der Waals surface area contributed by atoms with Crippen molar-refractivity contribution in [2.24, 2.45) is 7.05 Å². The van der Waals surface area contributed by atoms with Crippen LogP contribution in [0.4, 0.5) is 0 Å². The fourth-order valence-corrected chi connectivity index (χ4v) is 2.51. The van der Waals surface area contributed by atoms with Crippen LogP contribution in [0.15, 0.2) is 54.6 Å². The Morgan fingerprint density at radius 3 is 2.55 bits per heavy atom. The lowest BCUT2D eigenvalue weighted by molar-refractivity contribution is -0.131. The molecule has 110 valence electrons. The molecule has 0 spiro atoms. The van der Waals surface area contributed by atoms with Crippen LogP contribution >= 0.6 is 0 Å². The van der Waals surface area contributed by atoms with Gasteiger partial charge in [0.25, 0.3) is 0 Å². The number of para-hydroxylation sites is 2. The van der Waals surface area contributed by atoms with E-state index in [-0.39, 0.29) is 5.97 Å². The zero-order valence-corrected chi connectivity index (χ0v) is 12.6. The molecule has 0 aliphatic rings. The minimum Gasteiger partial charge on any atom is -0.426 e. The molecule has 0 radical (unpaired) electrons. The zero-order chi connectivity index (χ0) is 15.5. The van der Waals surface area contributed by atoms with Crippen LogP contribution in [0.25, 0.3) is 23.1 Å². The highest BCUT2D eigenvalue weighted by Crippen LogP contribution is 2.23. The van der Waals surface area contributed by atoms with Crippen LogP contribution < -0.4 is 4.74 Å². The SMILES string of the molecule is CC(=O)Oc1ccccc1C=Cc1cc2ccccc2n1C. The van der Waals surface area contributed by atoms with Gasteiger partial charge in [0.15, 0.2) is 0 Å². The Hall–Kier alpha value is -2.81. The maximum absolute atomic E-state index is 11.2. The lowest BCUT2D eigenvalue weighted by atomic mass is 10.1. The summed E-state index contributed by atoms with van der Waals surface area (Å²) in [7, 11) is 2.04. The first-order chi connectivity index (χ1) is 10.6. The van der Waals surface area contributed by atoms with Crippen molar-refractivity contribution in [3.05, 3.63) is 65.9 Å². The lowest BCUT2D eigenvalue weighted by Crippen LogP contribution is -2.02. The van der Waals surface area contributed by atoms with Crippen LogP contribution in [0.3, 0.4) is 0 Å². The Bertz CT molecular complexity index is 859. The molecule has 3 nitrogen and oxygen atoms in total. The largest absolute Gasteiger partial charge is 0.426 e. The molecular formula is C19H17NO2. The lowest BCUT2D eigenvalue weighted by Gasteiger charge is -2.05. The van der Waals surface area contributed by atoms with Crippen LogP contribution in [0.1, 0.15) is 18.2 Å². The molecule has 0 aliphatic carbocycles. The first-order valence-electron chi connectivity index (χ1n) is 7.15. The molecule has 2 aromatic carbocycles. The number of fused-ring (bicyclic) bond motifs is 1. The summed E-state index contributed by atoms with van der Waals surface area (Å²) < 4.78 is 7.37. The second-order valence-corrected chi connectivity index (χ2v) is 5.15. The summed E-state index contributed by atoms with van der Waals surface area (Å²) in [5.74, 6) is 0.260. The fraction of sp³-hybridized carbons (Fsp3) is 0.105. The Morgan fingerprint density at radius 1 is 1.05 bits per heavy atom.